The lowest BCUT2D eigenvalue weighted by atomic mass is 10.0. The Kier molecular flexibility index (Phi) is 4.68. The Morgan fingerprint density at radius 1 is 0.952 bits per heavy atom. The number of carbonyl (C=O) groups is 2. The number of hydrogen-bond acceptors (Lipinski definition) is 5. The molecule has 0 saturated carbocycles. The van der Waals surface area contributed by atoms with E-state index in [0.717, 1.165) is 0 Å². The number of carboxylic acids is 1. The average molecular weight is 284 g/mol. The summed E-state index contributed by atoms with van der Waals surface area (Å²) in [5.41, 5.74) is 6.67. The number of esters is 1. The van der Waals surface area contributed by atoms with Gasteiger partial charge in [-0.25, -0.2) is 4.79 Å². The van der Waals surface area contributed by atoms with Crippen molar-refractivity contribution in [1.82, 2.24) is 0 Å². The van der Waals surface area contributed by atoms with Crippen molar-refractivity contribution < 1.29 is 19.4 Å². The van der Waals surface area contributed by atoms with Crippen molar-refractivity contribution in [2.45, 2.75) is 12.1 Å². The molecule has 0 aliphatic heterocycles. The summed E-state index contributed by atoms with van der Waals surface area (Å²) in [6.45, 7) is 0. The van der Waals surface area contributed by atoms with Crippen molar-refractivity contribution in [2.24, 2.45) is 5.73 Å². The highest BCUT2D eigenvalue weighted by Crippen LogP contribution is 2.17. The monoisotopic (exact) mass is 284 g/mol. The second kappa shape index (κ2) is 6.67. The molecule has 0 heterocycles. The third-order valence-electron chi connectivity index (χ3n) is 2.99. The van der Waals surface area contributed by atoms with Crippen LogP contribution in [0.5, 0.6) is 0 Å². The number of rotatable bonds is 5. The summed E-state index contributed by atoms with van der Waals surface area (Å²) in [5.74, 6) is -2.29. The lowest BCUT2D eigenvalue weighted by Gasteiger charge is -2.25. The minimum Gasteiger partial charge on any atom is -0.546 e. The van der Waals surface area contributed by atoms with Gasteiger partial charge in [-0.1, -0.05) is 48.5 Å². The predicted molar refractivity (Wildman–Crippen MR) is 74.0 cm³/mol. The molecule has 0 fully saturated rings. The van der Waals surface area contributed by atoms with Gasteiger partial charge in [0.1, 0.15) is 0 Å². The van der Waals surface area contributed by atoms with Crippen LogP contribution in [0, 0.1) is 0 Å². The van der Waals surface area contributed by atoms with Gasteiger partial charge in [0, 0.05) is 0 Å². The molecule has 0 unspecified atom stereocenters. The third kappa shape index (κ3) is 3.67. The summed E-state index contributed by atoms with van der Waals surface area (Å²) in [6.07, 6.45) is -1.56. The smallest absolute Gasteiger partial charge is 0.338 e. The molecule has 0 amide bonds. The first-order valence-electron chi connectivity index (χ1n) is 6.37. The fraction of sp³-hybridized carbons (Fsp3) is 0.125. The van der Waals surface area contributed by atoms with Gasteiger partial charge in [0.05, 0.1) is 17.6 Å². The van der Waals surface area contributed by atoms with Gasteiger partial charge >= 0.3 is 5.97 Å². The van der Waals surface area contributed by atoms with Gasteiger partial charge in [-0.3, -0.25) is 0 Å². The molecule has 2 aromatic rings. The van der Waals surface area contributed by atoms with E-state index in [0.29, 0.717) is 5.56 Å². The van der Waals surface area contributed by atoms with Crippen LogP contribution in [-0.2, 0) is 9.53 Å². The van der Waals surface area contributed by atoms with Crippen LogP contribution in [0.15, 0.2) is 60.7 Å². The van der Waals surface area contributed by atoms with Gasteiger partial charge in [0.25, 0.3) is 0 Å². The van der Waals surface area contributed by atoms with Crippen molar-refractivity contribution in [2.75, 3.05) is 0 Å². The molecule has 5 nitrogen and oxygen atoms in total. The zero-order chi connectivity index (χ0) is 15.2. The topological polar surface area (TPSA) is 92.5 Å². The second-order valence-electron chi connectivity index (χ2n) is 4.45. The van der Waals surface area contributed by atoms with Crippen LogP contribution in [0.2, 0.25) is 0 Å². The summed E-state index contributed by atoms with van der Waals surface area (Å²) < 4.78 is 4.99. The predicted octanol–water partition coefficient (Wildman–Crippen LogP) is 0.662. The minimum absolute atomic E-state index is 0.254. The Morgan fingerprint density at radius 2 is 1.48 bits per heavy atom. The Hall–Kier alpha value is -2.66. The lowest BCUT2D eigenvalue weighted by molar-refractivity contribution is -0.315. The zero-order valence-corrected chi connectivity index (χ0v) is 11.1. The highest BCUT2D eigenvalue weighted by molar-refractivity contribution is 5.91. The van der Waals surface area contributed by atoms with Crippen LogP contribution in [0.3, 0.4) is 0 Å². The molecule has 5 heteroatoms. The largest absolute Gasteiger partial charge is 0.546 e. The van der Waals surface area contributed by atoms with E-state index in [4.69, 9.17) is 10.5 Å². The second-order valence-corrected chi connectivity index (χ2v) is 4.45. The molecule has 0 spiro atoms. The number of benzene rings is 2. The molecule has 0 bridgehead atoms. The van der Waals surface area contributed by atoms with E-state index in [9.17, 15) is 14.7 Å². The van der Waals surface area contributed by atoms with E-state index < -0.39 is 24.1 Å². The van der Waals surface area contributed by atoms with Gasteiger partial charge in [-0.2, -0.15) is 0 Å². The summed E-state index contributed by atoms with van der Waals surface area (Å²) in [4.78, 5) is 23.1. The van der Waals surface area contributed by atoms with Crippen molar-refractivity contribution in [1.29, 1.82) is 0 Å². The fourth-order valence-corrected chi connectivity index (χ4v) is 1.88. The Balaban J connectivity index is 2.17. The van der Waals surface area contributed by atoms with Gasteiger partial charge in [0.2, 0.25) is 0 Å². The number of aliphatic carboxylic acids is 1. The Labute approximate surface area is 122 Å². The normalized spacial score (nSPS) is 13.2. The molecule has 108 valence electrons. The Morgan fingerprint density at radius 3 is 2.00 bits per heavy atom. The maximum Gasteiger partial charge on any atom is 0.338 e. The molecule has 0 saturated heterocycles. The third-order valence-corrected chi connectivity index (χ3v) is 2.99. The van der Waals surface area contributed by atoms with Gasteiger partial charge in [0.15, 0.2) is 6.10 Å². The van der Waals surface area contributed by atoms with Gasteiger partial charge < -0.3 is 20.4 Å². The first-order chi connectivity index (χ1) is 10.1. The van der Waals surface area contributed by atoms with E-state index in [1.165, 1.54) is 12.1 Å². The van der Waals surface area contributed by atoms with E-state index in [2.05, 4.69) is 0 Å². The molecular formula is C16H14NO4-. The van der Waals surface area contributed by atoms with Crippen molar-refractivity contribution in [3.05, 3.63) is 71.8 Å². The average Bonchev–Trinajstić information content (AvgIpc) is 2.53. The lowest BCUT2D eigenvalue weighted by Crippen LogP contribution is -2.45. The standard InChI is InChI=1S/C16H15NO4/c17-13(11-7-3-1-4-8-11)14(15(18)19)21-16(20)12-9-5-2-6-10-12/h1-10,13-14H,17H2,(H,18,19)/p-1/t13-,14+/m0/s1. The highest BCUT2D eigenvalue weighted by Gasteiger charge is 2.25. The van der Waals surface area contributed by atoms with Crippen LogP contribution in [-0.4, -0.2) is 18.0 Å². The summed E-state index contributed by atoms with van der Waals surface area (Å²) in [6, 6.07) is 15.7. The molecule has 2 aromatic carbocycles. The SMILES string of the molecule is N[C@@H](c1ccccc1)[C@@H](OC(=O)c1ccccc1)C(=O)[O-]. The molecule has 2 rings (SSSR count). The van der Waals surface area contributed by atoms with Crippen LogP contribution < -0.4 is 10.8 Å². The van der Waals surface area contributed by atoms with Crippen LogP contribution in [0.1, 0.15) is 22.0 Å². The maximum absolute atomic E-state index is 11.9. The van der Waals surface area contributed by atoms with Gasteiger partial charge in [-0.05, 0) is 17.7 Å². The summed E-state index contributed by atoms with van der Waals surface area (Å²) in [7, 11) is 0. The molecule has 21 heavy (non-hydrogen) atoms. The quantitative estimate of drug-likeness (QED) is 0.814. The summed E-state index contributed by atoms with van der Waals surface area (Å²) >= 11 is 0. The maximum atomic E-state index is 11.9. The number of ether oxygens (including phenoxy) is 1. The molecule has 0 aromatic heterocycles. The molecule has 2 atom stereocenters. The van der Waals surface area contributed by atoms with Crippen molar-refractivity contribution >= 4 is 11.9 Å². The molecule has 0 aliphatic rings. The number of hydrogen-bond donors (Lipinski definition) is 1. The first-order valence-corrected chi connectivity index (χ1v) is 6.37. The van der Waals surface area contributed by atoms with Crippen molar-refractivity contribution in [3.8, 4) is 0 Å². The highest BCUT2D eigenvalue weighted by atomic mass is 16.6. The molecular weight excluding hydrogens is 270 g/mol. The van der Waals surface area contributed by atoms with E-state index in [1.807, 2.05) is 0 Å². The van der Waals surface area contributed by atoms with Crippen LogP contribution in [0.4, 0.5) is 0 Å². The Bertz CT molecular complexity index is 613. The van der Waals surface area contributed by atoms with Gasteiger partial charge in [-0.15, -0.1) is 0 Å². The van der Waals surface area contributed by atoms with Crippen molar-refractivity contribution in [3.63, 3.8) is 0 Å². The minimum atomic E-state index is -1.56. The molecule has 0 radical (unpaired) electrons. The van der Waals surface area contributed by atoms with Crippen LogP contribution >= 0.6 is 0 Å². The zero-order valence-electron chi connectivity index (χ0n) is 11.1. The van der Waals surface area contributed by atoms with E-state index in [1.54, 1.807) is 48.5 Å². The number of nitrogens with two attached hydrogens (primary N) is 1. The molecule has 0 aliphatic carbocycles. The van der Waals surface area contributed by atoms with Crippen LogP contribution in [0.25, 0.3) is 0 Å². The number of carbonyl (C=O) groups excluding carboxylic acids is 2. The first kappa shape index (κ1) is 14.7. The fourth-order valence-electron chi connectivity index (χ4n) is 1.88. The summed E-state index contributed by atoms with van der Waals surface area (Å²) in [5, 5.41) is 11.2. The van der Waals surface area contributed by atoms with E-state index >= 15 is 0 Å². The van der Waals surface area contributed by atoms with E-state index in [-0.39, 0.29) is 5.56 Å². The number of carboxylic acid groups (broad SMARTS) is 1. The molecule has 2 N–H and O–H groups in total.